The van der Waals surface area contributed by atoms with Crippen molar-refractivity contribution < 1.29 is 14.7 Å². The van der Waals surface area contributed by atoms with Gasteiger partial charge in [0.1, 0.15) is 0 Å². The Kier molecular flexibility index (Phi) is 5.14. The maximum absolute atomic E-state index is 12.4. The van der Waals surface area contributed by atoms with Crippen LogP contribution in [0, 0.1) is 11.3 Å². The van der Waals surface area contributed by atoms with E-state index in [0.29, 0.717) is 6.54 Å². The maximum atomic E-state index is 12.4. The van der Waals surface area contributed by atoms with Crippen molar-refractivity contribution in [3.8, 4) is 0 Å². The molecule has 5 nitrogen and oxygen atoms in total. The highest BCUT2D eigenvalue weighted by molar-refractivity contribution is 5.84. The van der Waals surface area contributed by atoms with Gasteiger partial charge in [0.25, 0.3) is 0 Å². The van der Waals surface area contributed by atoms with E-state index in [1.807, 2.05) is 0 Å². The van der Waals surface area contributed by atoms with E-state index in [-0.39, 0.29) is 17.4 Å². The molecule has 1 amide bonds. The molecule has 5 heteroatoms. The summed E-state index contributed by atoms with van der Waals surface area (Å²) in [6, 6.07) is -0.343. The van der Waals surface area contributed by atoms with Gasteiger partial charge in [-0.05, 0) is 33.2 Å². The van der Waals surface area contributed by atoms with E-state index in [1.54, 1.807) is 13.8 Å². The predicted octanol–water partition coefficient (Wildman–Crippen LogP) is 0.992. The van der Waals surface area contributed by atoms with Gasteiger partial charge in [0.05, 0.1) is 11.3 Å². The summed E-state index contributed by atoms with van der Waals surface area (Å²) in [7, 11) is 0. The third-order valence-electron chi connectivity index (χ3n) is 3.95. The summed E-state index contributed by atoms with van der Waals surface area (Å²) in [6.45, 7) is 6.99. The van der Waals surface area contributed by atoms with Gasteiger partial charge in [-0.15, -0.1) is 0 Å². The Morgan fingerprint density at radius 1 is 1.44 bits per heavy atom. The van der Waals surface area contributed by atoms with Crippen LogP contribution in [0.4, 0.5) is 0 Å². The first-order valence-corrected chi connectivity index (χ1v) is 6.67. The van der Waals surface area contributed by atoms with E-state index in [0.717, 1.165) is 25.8 Å². The molecule has 1 heterocycles. The molecule has 3 atom stereocenters. The minimum atomic E-state index is -0.878. The number of carboxylic acids is 1. The number of amides is 1. The average Bonchev–Trinajstić information content (AvgIpc) is 2.78. The highest BCUT2D eigenvalue weighted by atomic mass is 16.4. The molecule has 0 radical (unpaired) electrons. The van der Waals surface area contributed by atoms with Gasteiger partial charge in [-0.2, -0.15) is 0 Å². The number of hydrogen-bond acceptors (Lipinski definition) is 3. The van der Waals surface area contributed by atoms with Crippen molar-refractivity contribution in [3.63, 3.8) is 0 Å². The summed E-state index contributed by atoms with van der Waals surface area (Å²) in [6.07, 6.45) is 2.64. The highest BCUT2D eigenvalue weighted by Crippen LogP contribution is 2.31. The zero-order valence-electron chi connectivity index (χ0n) is 11.5. The Balaban J connectivity index is 2.65. The molecule has 0 aromatic carbocycles. The van der Waals surface area contributed by atoms with Crippen molar-refractivity contribution in [2.45, 2.75) is 46.1 Å². The summed E-state index contributed by atoms with van der Waals surface area (Å²) in [5, 5.41) is 15.0. The lowest BCUT2D eigenvalue weighted by atomic mass is 9.81. The van der Waals surface area contributed by atoms with Crippen molar-refractivity contribution in [1.82, 2.24) is 10.6 Å². The molecular formula is C13H24N2O3. The standard InChI is InChI=1S/C13H24N2O3/c1-4-5-13(6-7-14-8-13)12(18)15-10(3)9(2)11(16)17/h9-10,14H,4-8H2,1-3H3,(H,15,18)(H,16,17). The van der Waals surface area contributed by atoms with Crippen LogP contribution in [-0.4, -0.2) is 36.1 Å². The topological polar surface area (TPSA) is 78.4 Å². The lowest BCUT2D eigenvalue weighted by Gasteiger charge is -2.29. The molecule has 0 spiro atoms. The third-order valence-corrected chi connectivity index (χ3v) is 3.95. The van der Waals surface area contributed by atoms with Gasteiger partial charge in [0.15, 0.2) is 0 Å². The zero-order valence-corrected chi connectivity index (χ0v) is 11.5. The first kappa shape index (κ1) is 15.0. The van der Waals surface area contributed by atoms with Gasteiger partial charge >= 0.3 is 5.97 Å². The fourth-order valence-corrected chi connectivity index (χ4v) is 2.44. The van der Waals surface area contributed by atoms with Crippen LogP contribution in [0.1, 0.15) is 40.0 Å². The molecule has 104 valence electrons. The fraction of sp³-hybridized carbons (Fsp3) is 0.846. The second kappa shape index (κ2) is 6.18. The van der Waals surface area contributed by atoms with Gasteiger partial charge in [-0.1, -0.05) is 13.3 Å². The van der Waals surface area contributed by atoms with Gasteiger partial charge < -0.3 is 15.7 Å². The molecule has 1 saturated heterocycles. The summed E-state index contributed by atoms with van der Waals surface area (Å²) in [5.41, 5.74) is -0.346. The summed E-state index contributed by atoms with van der Waals surface area (Å²) in [5.74, 6) is -1.45. The van der Waals surface area contributed by atoms with Crippen molar-refractivity contribution >= 4 is 11.9 Å². The number of hydrogen-bond donors (Lipinski definition) is 3. The largest absolute Gasteiger partial charge is 0.481 e. The van der Waals surface area contributed by atoms with Crippen molar-refractivity contribution in [3.05, 3.63) is 0 Å². The fourth-order valence-electron chi connectivity index (χ4n) is 2.44. The average molecular weight is 256 g/mol. The van der Waals surface area contributed by atoms with Gasteiger partial charge in [0, 0.05) is 12.6 Å². The van der Waals surface area contributed by atoms with E-state index in [1.165, 1.54) is 0 Å². The monoisotopic (exact) mass is 256 g/mol. The first-order chi connectivity index (χ1) is 8.43. The molecule has 1 aliphatic rings. The van der Waals surface area contributed by atoms with Gasteiger partial charge in [-0.3, -0.25) is 9.59 Å². The van der Waals surface area contributed by atoms with E-state index >= 15 is 0 Å². The molecule has 0 bridgehead atoms. The normalized spacial score (nSPS) is 26.6. The van der Waals surface area contributed by atoms with E-state index in [2.05, 4.69) is 17.6 Å². The first-order valence-electron chi connectivity index (χ1n) is 6.67. The lowest BCUT2D eigenvalue weighted by molar-refractivity contribution is -0.142. The smallest absolute Gasteiger partial charge is 0.308 e. The number of rotatable bonds is 6. The van der Waals surface area contributed by atoms with Crippen LogP contribution < -0.4 is 10.6 Å². The van der Waals surface area contributed by atoms with Crippen LogP contribution >= 0.6 is 0 Å². The molecule has 3 N–H and O–H groups in total. The summed E-state index contributed by atoms with van der Waals surface area (Å²) < 4.78 is 0. The molecule has 1 fully saturated rings. The SMILES string of the molecule is CCCC1(C(=O)NC(C)C(C)C(=O)O)CCNC1. The second-order valence-corrected chi connectivity index (χ2v) is 5.35. The maximum Gasteiger partial charge on any atom is 0.308 e. The molecule has 0 aromatic rings. The van der Waals surface area contributed by atoms with Gasteiger partial charge in [0.2, 0.25) is 5.91 Å². The zero-order chi connectivity index (χ0) is 13.8. The molecule has 0 aliphatic carbocycles. The number of nitrogens with one attached hydrogen (secondary N) is 2. The molecule has 1 aliphatic heterocycles. The number of carbonyl (C=O) groups excluding carboxylic acids is 1. The Hall–Kier alpha value is -1.10. The van der Waals surface area contributed by atoms with Crippen LogP contribution in [-0.2, 0) is 9.59 Å². The molecule has 0 aromatic heterocycles. The summed E-state index contributed by atoms with van der Waals surface area (Å²) in [4.78, 5) is 23.2. The summed E-state index contributed by atoms with van der Waals surface area (Å²) >= 11 is 0. The van der Waals surface area contributed by atoms with E-state index < -0.39 is 11.9 Å². The Morgan fingerprint density at radius 2 is 2.11 bits per heavy atom. The minimum absolute atomic E-state index is 0.00468. The Labute approximate surface area is 108 Å². The molecule has 18 heavy (non-hydrogen) atoms. The molecule has 3 unspecified atom stereocenters. The molecule has 0 saturated carbocycles. The molecular weight excluding hydrogens is 232 g/mol. The molecule has 1 rings (SSSR count). The van der Waals surface area contributed by atoms with Crippen molar-refractivity contribution in [2.24, 2.45) is 11.3 Å². The van der Waals surface area contributed by atoms with Gasteiger partial charge in [-0.25, -0.2) is 0 Å². The van der Waals surface area contributed by atoms with Crippen LogP contribution in [0.25, 0.3) is 0 Å². The number of carbonyl (C=O) groups is 2. The minimum Gasteiger partial charge on any atom is -0.481 e. The Morgan fingerprint density at radius 3 is 2.56 bits per heavy atom. The van der Waals surface area contributed by atoms with Crippen molar-refractivity contribution in [2.75, 3.05) is 13.1 Å². The second-order valence-electron chi connectivity index (χ2n) is 5.35. The number of carboxylic acid groups (broad SMARTS) is 1. The third kappa shape index (κ3) is 3.22. The van der Waals surface area contributed by atoms with Crippen LogP contribution in [0.2, 0.25) is 0 Å². The Bertz CT molecular complexity index is 311. The van der Waals surface area contributed by atoms with Crippen LogP contribution in [0.5, 0.6) is 0 Å². The van der Waals surface area contributed by atoms with Crippen LogP contribution in [0.15, 0.2) is 0 Å². The van der Waals surface area contributed by atoms with Crippen LogP contribution in [0.3, 0.4) is 0 Å². The van der Waals surface area contributed by atoms with E-state index in [4.69, 9.17) is 5.11 Å². The predicted molar refractivity (Wildman–Crippen MR) is 69.2 cm³/mol. The quantitative estimate of drug-likeness (QED) is 0.662. The number of aliphatic carboxylic acids is 1. The lowest BCUT2D eigenvalue weighted by Crippen LogP contribution is -2.48. The van der Waals surface area contributed by atoms with E-state index in [9.17, 15) is 9.59 Å². The van der Waals surface area contributed by atoms with Crippen molar-refractivity contribution in [1.29, 1.82) is 0 Å². The highest BCUT2D eigenvalue weighted by Gasteiger charge is 2.41.